The Morgan fingerprint density at radius 1 is 1.00 bits per heavy atom. The van der Waals surface area contributed by atoms with Crippen molar-refractivity contribution in [2.24, 2.45) is 0 Å². The minimum absolute atomic E-state index is 0.117. The van der Waals surface area contributed by atoms with Gasteiger partial charge in [-0.1, -0.05) is 53.7 Å². The van der Waals surface area contributed by atoms with Crippen molar-refractivity contribution in [2.45, 2.75) is 72.1 Å². The van der Waals surface area contributed by atoms with Crippen molar-refractivity contribution in [3.05, 3.63) is 58.1 Å². The second-order valence-corrected chi connectivity index (χ2v) is 11.2. The Kier molecular flexibility index (Phi) is 9.67. The van der Waals surface area contributed by atoms with Crippen molar-refractivity contribution < 1.29 is 28.6 Å². The topological polar surface area (TPSA) is 90.9 Å². The van der Waals surface area contributed by atoms with E-state index in [2.05, 4.69) is 14.6 Å². The molecular formula is C28H38NO6P. The number of hydrogen-bond acceptors (Lipinski definition) is 6. The van der Waals surface area contributed by atoms with Crippen LogP contribution in [0.25, 0.3) is 0 Å². The molecule has 8 heteroatoms. The minimum Gasteiger partial charge on any atom is -0.501 e. The monoisotopic (exact) mass is 515 g/mol. The largest absolute Gasteiger partial charge is 0.513 e. The number of nitrogens with one attached hydrogen (secondary N) is 1. The molecule has 7 nitrogen and oxygen atoms in total. The molecule has 0 aromatic heterocycles. The fourth-order valence-corrected chi connectivity index (χ4v) is 4.15. The summed E-state index contributed by atoms with van der Waals surface area (Å²) in [6.07, 6.45) is 5.69. The zero-order chi connectivity index (χ0) is 27.3. The summed E-state index contributed by atoms with van der Waals surface area (Å²) in [7, 11) is 3.79. The molecule has 1 aliphatic rings. The van der Waals surface area contributed by atoms with Gasteiger partial charge in [0.2, 0.25) is 5.78 Å². The van der Waals surface area contributed by atoms with Gasteiger partial charge in [-0.05, 0) is 47.5 Å². The third kappa shape index (κ3) is 7.30. The smallest absolute Gasteiger partial charge is 0.501 e. The second-order valence-electron chi connectivity index (χ2n) is 10.6. The van der Waals surface area contributed by atoms with Crippen LogP contribution in [0.15, 0.2) is 47.0 Å². The molecule has 1 amide bonds. The van der Waals surface area contributed by atoms with Gasteiger partial charge >= 0.3 is 6.16 Å². The molecular weight excluding hydrogens is 477 g/mol. The van der Waals surface area contributed by atoms with Gasteiger partial charge in [-0.25, -0.2) is 4.79 Å². The maximum Gasteiger partial charge on any atom is 0.513 e. The molecule has 0 heterocycles. The average molecular weight is 516 g/mol. The predicted molar refractivity (Wildman–Crippen MR) is 145 cm³/mol. The number of amides is 1. The first-order valence-corrected chi connectivity index (χ1v) is 12.6. The number of Topliss-reactive ketones (excluding diaryl/α,β-unsaturated/α-hetero) is 1. The molecule has 1 N–H and O–H groups in total. The SMILES string of the molecule is CCO/C=C(\C(=O)Nc1cc(OC(=O)OC)c(C(C)(C)C)cc1C(C)(C)C)C(=O)C1=CCCC=C1P. The van der Waals surface area contributed by atoms with Gasteiger partial charge in [0.1, 0.15) is 11.3 Å². The normalized spacial score (nSPS) is 14.4. The van der Waals surface area contributed by atoms with Gasteiger partial charge in [0.25, 0.3) is 5.91 Å². The molecule has 1 aromatic carbocycles. The number of methoxy groups -OCH3 is 1. The van der Waals surface area contributed by atoms with E-state index >= 15 is 0 Å². The van der Waals surface area contributed by atoms with Crippen LogP contribution in [0.2, 0.25) is 0 Å². The lowest BCUT2D eigenvalue weighted by Gasteiger charge is -2.29. The summed E-state index contributed by atoms with van der Waals surface area (Å²) >= 11 is 0. The molecule has 196 valence electrons. The number of carbonyl (C=O) groups excluding carboxylic acids is 3. The first-order chi connectivity index (χ1) is 16.7. The number of ether oxygens (including phenoxy) is 3. The van der Waals surface area contributed by atoms with Gasteiger partial charge in [0.15, 0.2) is 0 Å². The van der Waals surface area contributed by atoms with E-state index in [0.717, 1.165) is 29.3 Å². The molecule has 0 bridgehead atoms. The molecule has 0 saturated heterocycles. The molecule has 1 unspecified atom stereocenters. The Morgan fingerprint density at radius 2 is 1.61 bits per heavy atom. The standard InChI is InChI=1S/C28H38NO6P/c1-9-34-16-18(24(30)17-12-10-11-13-23(17)36)25(31)29-21-15-22(35-26(32)33-8)20(28(5,6)7)14-19(21)27(2,3)4/h12-16H,9-11,36H2,1-8H3,(H,29,31)/b18-16-. The molecule has 2 rings (SSSR count). The van der Waals surface area contributed by atoms with Gasteiger partial charge in [0, 0.05) is 22.9 Å². The summed E-state index contributed by atoms with van der Waals surface area (Å²) in [5, 5.41) is 3.63. The van der Waals surface area contributed by atoms with Gasteiger partial charge in [-0.15, -0.1) is 9.24 Å². The molecule has 1 aliphatic carbocycles. The minimum atomic E-state index is -0.864. The summed E-state index contributed by atoms with van der Waals surface area (Å²) in [5.74, 6) is -0.767. The molecule has 0 fully saturated rings. The highest BCUT2D eigenvalue weighted by molar-refractivity contribution is 7.23. The molecule has 0 radical (unpaired) electrons. The molecule has 1 atom stereocenters. The number of carbonyl (C=O) groups is 3. The van der Waals surface area contributed by atoms with Crippen LogP contribution in [0.5, 0.6) is 5.75 Å². The summed E-state index contributed by atoms with van der Waals surface area (Å²) in [6, 6.07) is 3.54. The fourth-order valence-electron chi connectivity index (χ4n) is 3.74. The Balaban J connectivity index is 2.61. The number of rotatable bonds is 7. The van der Waals surface area contributed by atoms with Gasteiger partial charge < -0.3 is 19.5 Å². The summed E-state index contributed by atoms with van der Waals surface area (Å²) < 4.78 is 15.5. The van der Waals surface area contributed by atoms with E-state index in [1.165, 1.54) is 13.4 Å². The zero-order valence-electron chi connectivity index (χ0n) is 22.5. The van der Waals surface area contributed by atoms with Crippen LogP contribution in [0.3, 0.4) is 0 Å². The van der Waals surface area contributed by atoms with Crippen LogP contribution >= 0.6 is 9.24 Å². The summed E-state index contributed by atoms with van der Waals surface area (Å²) in [4.78, 5) is 38.8. The molecule has 0 aliphatic heterocycles. The van der Waals surface area contributed by atoms with Crippen LogP contribution < -0.4 is 10.1 Å². The van der Waals surface area contributed by atoms with Crippen molar-refractivity contribution >= 4 is 32.8 Å². The van der Waals surface area contributed by atoms with E-state index in [1.807, 2.05) is 59.8 Å². The molecule has 0 spiro atoms. The van der Waals surface area contributed by atoms with Crippen LogP contribution in [-0.2, 0) is 29.9 Å². The quantitative estimate of drug-likeness (QED) is 0.0867. The Bertz CT molecular complexity index is 1120. The fraction of sp³-hybridized carbons (Fsp3) is 0.464. The maximum atomic E-state index is 13.5. The Labute approximate surface area is 216 Å². The number of allylic oxidation sites excluding steroid dienone is 4. The average Bonchev–Trinajstić information content (AvgIpc) is 2.77. The summed E-state index contributed by atoms with van der Waals surface area (Å²) in [6.45, 7) is 14.1. The highest BCUT2D eigenvalue weighted by Gasteiger charge is 2.30. The third-order valence-electron chi connectivity index (χ3n) is 5.64. The highest BCUT2D eigenvalue weighted by atomic mass is 31.0. The van der Waals surface area contributed by atoms with Gasteiger partial charge in [0.05, 0.1) is 20.0 Å². The van der Waals surface area contributed by atoms with E-state index in [0.29, 0.717) is 17.9 Å². The zero-order valence-corrected chi connectivity index (χ0v) is 23.7. The number of hydrogen-bond donors (Lipinski definition) is 1. The van der Waals surface area contributed by atoms with E-state index in [-0.39, 0.29) is 22.2 Å². The highest BCUT2D eigenvalue weighted by Crippen LogP contribution is 2.40. The molecule has 1 aromatic rings. The van der Waals surface area contributed by atoms with Crippen LogP contribution in [0.4, 0.5) is 10.5 Å². The lowest BCUT2D eigenvalue weighted by Crippen LogP contribution is -2.26. The second kappa shape index (κ2) is 11.9. The summed E-state index contributed by atoms with van der Waals surface area (Å²) in [5.41, 5.74) is 1.63. The first kappa shape index (κ1) is 29.3. The van der Waals surface area contributed by atoms with E-state index in [4.69, 9.17) is 14.2 Å². The maximum absolute atomic E-state index is 13.5. The lowest BCUT2D eigenvalue weighted by molar-refractivity contribution is -0.118. The number of anilines is 1. The predicted octanol–water partition coefficient (Wildman–Crippen LogP) is 6.33. The van der Waals surface area contributed by atoms with Crippen LogP contribution in [-0.4, -0.2) is 31.6 Å². The van der Waals surface area contributed by atoms with Crippen molar-refractivity contribution in [1.29, 1.82) is 0 Å². The van der Waals surface area contributed by atoms with Gasteiger partial charge in [-0.3, -0.25) is 9.59 Å². The van der Waals surface area contributed by atoms with Crippen molar-refractivity contribution in [2.75, 3.05) is 19.0 Å². The molecule has 0 saturated carbocycles. The Morgan fingerprint density at radius 3 is 2.14 bits per heavy atom. The Hall–Kier alpha value is -2.92. The van der Waals surface area contributed by atoms with E-state index < -0.39 is 17.8 Å². The van der Waals surface area contributed by atoms with Crippen LogP contribution in [0.1, 0.15) is 72.4 Å². The number of benzene rings is 1. The van der Waals surface area contributed by atoms with Crippen molar-refractivity contribution in [3.63, 3.8) is 0 Å². The van der Waals surface area contributed by atoms with E-state index in [1.54, 1.807) is 13.0 Å². The molecule has 36 heavy (non-hydrogen) atoms. The first-order valence-electron chi connectivity index (χ1n) is 12.0. The van der Waals surface area contributed by atoms with Gasteiger partial charge in [-0.2, -0.15) is 0 Å². The van der Waals surface area contributed by atoms with Crippen molar-refractivity contribution in [3.8, 4) is 5.75 Å². The van der Waals surface area contributed by atoms with E-state index in [9.17, 15) is 14.4 Å². The third-order valence-corrected chi connectivity index (χ3v) is 6.18. The van der Waals surface area contributed by atoms with Crippen molar-refractivity contribution in [1.82, 2.24) is 0 Å². The number of ketones is 1. The lowest BCUT2D eigenvalue weighted by atomic mass is 9.79. The van der Waals surface area contributed by atoms with Crippen LogP contribution in [0, 0.1) is 0 Å².